The fourth-order valence-electron chi connectivity index (χ4n) is 2.36. The van der Waals surface area contributed by atoms with E-state index in [0.29, 0.717) is 0 Å². The second-order valence-electron chi connectivity index (χ2n) is 4.44. The van der Waals surface area contributed by atoms with Gasteiger partial charge in [0.1, 0.15) is 0 Å². The summed E-state index contributed by atoms with van der Waals surface area (Å²) >= 11 is 0. The summed E-state index contributed by atoms with van der Waals surface area (Å²) in [5.74, 6) is 0. The maximum absolute atomic E-state index is 12.1. The Balaban J connectivity index is 2.24. The summed E-state index contributed by atoms with van der Waals surface area (Å²) in [6, 6.07) is 4.22. The monoisotopic (exact) mass is 218 g/mol. The molecule has 2 N–H and O–H groups in total. The first-order valence-electron chi connectivity index (χ1n) is 5.46. The summed E-state index contributed by atoms with van der Waals surface area (Å²) in [5.41, 5.74) is 7.42. The molecule has 0 saturated heterocycles. The summed E-state index contributed by atoms with van der Waals surface area (Å²) in [6.07, 6.45) is 3.46. The van der Waals surface area contributed by atoms with Gasteiger partial charge in [0.2, 0.25) is 0 Å². The number of nitrogens with two attached hydrogens (primary N) is 1. The fourth-order valence-corrected chi connectivity index (χ4v) is 2.36. The van der Waals surface area contributed by atoms with Crippen molar-refractivity contribution in [3.8, 4) is 0 Å². The molecule has 0 atom stereocenters. The minimum Gasteiger partial charge on any atom is -0.328 e. The van der Waals surface area contributed by atoms with Crippen LogP contribution in [0.15, 0.2) is 23.1 Å². The molecule has 0 aromatic carbocycles. The summed E-state index contributed by atoms with van der Waals surface area (Å²) in [4.78, 5) is 16.4. The lowest BCUT2D eigenvalue weighted by Gasteiger charge is -2.32. The first kappa shape index (κ1) is 9.59. The zero-order valence-corrected chi connectivity index (χ0v) is 9.13. The Labute approximate surface area is 92.5 Å². The lowest BCUT2D eigenvalue weighted by molar-refractivity contribution is 0.264. The second-order valence-corrected chi connectivity index (χ2v) is 4.44. The van der Waals surface area contributed by atoms with Gasteiger partial charge in [0, 0.05) is 25.3 Å². The first-order chi connectivity index (χ1) is 7.68. The minimum atomic E-state index is 0.00519. The van der Waals surface area contributed by atoms with E-state index in [-0.39, 0.29) is 17.8 Å². The van der Waals surface area contributed by atoms with Gasteiger partial charge in [-0.2, -0.15) is 0 Å². The molecule has 0 unspecified atom stereocenters. The lowest BCUT2D eigenvalue weighted by Crippen LogP contribution is -2.41. The van der Waals surface area contributed by atoms with Crippen molar-refractivity contribution in [2.45, 2.75) is 24.9 Å². The van der Waals surface area contributed by atoms with Crippen molar-refractivity contribution in [3.05, 3.63) is 28.8 Å². The molecule has 5 heteroatoms. The van der Waals surface area contributed by atoms with E-state index in [4.69, 9.17) is 5.73 Å². The molecule has 0 bridgehead atoms. The highest BCUT2D eigenvalue weighted by Crippen LogP contribution is 2.31. The van der Waals surface area contributed by atoms with Crippen molar-refractivity contribution in [2.75, 3.05) is 0 Å². The van der Waals surface area contributed by atoms with Gasteiger partial charge in [-0.15, -0.1) is 0 Å². The van der Waals surface area contributed by atoms with Crippen LogP contribution in [0.3, 0.4) is 0 Å². The third kappa shape index (κ3) is 1.15. The molecule has 2 aromatic rings. The highest BCUT2D eigenvalue weighted by atomic mass is 16.1. The molecule has 1 fully saturated rings. The molecule has 0 aliphatic heterocycles. The van der Waals surface area contributed by atoms with E-state index in [2.05, 4.69) is 4.98 Å². The van der Waals surface area contributed by atoms with E-state index >= 15 is 0 Å². The van der Waals surface area contributed by atoms with E-state index in [0.717, 1.165) is 24.0 Å². The van der Waals surface area contributed by atoms with Crippen molar-refractivity contribution >= 4 is 11.2 Å². The van der Waals surface area contributed by atoms with Crippen molar-refractivity contribution in [3.63, 3.8) is 0 Å². The van der Waals surface area contributed by atoms with Crippen molar-refractivity contribution in [1.82, 2.24) is 14.1 Å². The van der Waals surface area contributed by atoms with Crippen molar-refractivity contribution < 1.29 is 0 Å². The third-order valence-corrected chi connectivity index (χ3v) is 3.36. The van der Waals surface area contributed by atoms with Gasteiger partial charge in [0.15, 0.2) is 5.65 Å². The number of aryl methyl sites for hydroxylation is 1. The topological polar surface area (TPSA) is 65.8 Å². The predicted molar refractivity (Wildman–Crippen MR) is 61.2 cm³/mol. The Morgan fingerprint density at radius 2 is 2.25 bits per heavy atom. The summed E-state index contributed by atoms with van der Waals surface area (Å²) in [6.45, 7) is 0. The van der Waals surface area contributed by atoms with E-state index < -0.39 is 0 Å². The predicted octanol–water partition coefficient (Wildman–Crippen LogP) is 0.397. The number of nitrogens with zero attached hydrogens (tertiary/aromatic N) is 3. The quantitative estimate of drug-likeness (QED) is 0.753. The molecule has 0 spiro atoms. The van der Waals surface area contributed by atoms with Gasteiger partial charge in [-0.05, 0) is 25.0 Å². The third-order valence-electron chi connectivity index (χ3n) is 3.36. The van der Waals surface area contributed by atoms with E-state index in [1.807, 2.05) is 12.1 Å². The van der Waals surface area contributed by atoms with Gasteiger partial charge in [0.25, 0.3) is 0 Å². The smallest absolute Gasteiger partial charge is 0.328 e. The highest BCUT2D eigenvalue weighted by Gasteiger charge is 2.30. The molecule has 1 aliphatic rings. The standard InChI is InChI=1S/C11H14N4O/c1-14-9-3-2-4-13-10(9)15(11(14)16)8-5-7(12)6-8/h2-4,7-8H,5-6,12H2,1H3. The number of aromatic nitrogens is 3. The maximum Gasteiger partial charge on any atom is 0.330 e. The Morgan fingerprint density at radius 1 is 1.50 bits per heavy atom. The van der Waals surface area contributed by atoms with Gasteiger partial charge >= 0.3 is 5.69 Å². The molecule has 84 valence electrons. The van der Waals surface area contributed by atoms with Crippen LogP contribution in [0.25, 0.3) is 11.2 Å². The van der Waals surface area contributed by atoms with Crippen LogP contribution < -0.4 is 11.4 Å². The number of hydrogen-bond donors (Lipinski definition) is 1. The highest BCUT2D eigenvalue weighted by molar-refractivity contribution is 5.71. The molecule has 5 nitrogen and oxygen atoms in total. The van der Waals surface area contributed by atoms with Crippen LogP contribution in [0.1, 0.15) is 18.9 Å². The fraction of sp³-hybridized carbons (Fsp3) is 0.455. The molecule has 1 aliphatic carbocycles. The van der Waals surface area contributed by atoms with Crippen LogP contribution in [0.2, 0.25) is 0 Å². The van der Waals surface area contributed by atoms with Crippen molar-refractivity contribution in [2.24, 2.45) is 12.8 Å². The minimum absolute atomic E-state index is 0.00519. The molecular weight excluding hydrogens is 204 g/mol. The Hall–Kier alpha value is -1.62. The average Bonchev–Trinajstić information content (AvgIpc) is 2.49. The Morgan fingerprint density at radius 3 is 2.94 bits per heavy atom. The number of pyridine rings is 1. The zero-order chi connectivity index (χ0) is 11.3. The average molecular weight is 218 g/mol. The van der Waals surface area contributed by atoms with Crippen LogP contribution in [0, 0.1) is 0 Å². The van der Waals surface area contributed by atoms with Crippen LogP contribution in [0.5, 0.6) is 0 Å². The molecule has 3 rings (SSSR count). The van der Waals surface area contributed by atoms with E-state index in [1.165, 1.54) is 0 Å². The van der Waals surface area contributed by atoms with Gasteiger partial charge in [-0.25, -0.2) is 9.78 Å². The number of rotatable bonds is 1. The lowest BCUT2D eigenvalue weighted by atomic mass is 9.87. The number of fused-ring (bicyclic) bond motifs is 1. The zero-order valence-electron chi connectivity index (χ0n) is 9.13. The largest absolute Gasteiger partial charge is 0.330 e. The number of imidazole rings is 1. The molecule has 2 heterocycles. The first-order valence-corrected chi connectivity index (χ1v) is 5.46. The molecule has 0 radical (unpaired) electrons. The van der Waals surface area contributed by atoms with Gasteiger partial charge in [-0.3, -0.25) is 9.13 Å². The normalized spacial score (nSPS) is 24.6. The second kappa shape index (κ2) is 3.18. The van der Waals surface area contributed by atoms with Crippen LogP contribution in [-0.2, 0) is 7.05 Å². The van der Waals surface area contributed by atoms with E-state index in [1.54, 1.807) is 22.4 Å². The molecular formula is C11H14N4O. The van der Waals surface area contributed by atoms with E-state index in [9.17, 15) is 4.79 Å². The van der Waals surface area contributed by atoms with Gasteiger partial charge in [-0.1, -0.05) is 0 Å². The molecule has 2 aromatic heterocycles. The van der Waals surface area contributed by atoms with Crippen LogP contribution in [-0.4, -0.2) is 20.2 Å². The number of hydrogen-bond acceptors (Lipinski definition) is 3. The van der Waals surface area contributed by atoms with Crippen LogP contribution in [0.4, 0.5) is 0 Å². The summed E-state index contributed by atoms with van der Waals surface area (Å²) < 4.78 is 3.42. The Bertz CT molecular complexity index is 592. The summed E-state index contributed by atoms with van der Waals surface area (Å²) in [7, 11) is 1.78. The van der Waals surface area contributed by atoms with Gasteiger partial charge < -0.3 is 5.73 Å². The van der Waals surface area contributed by atoms with Crippen LogP contribution >= 0.6 is 0 Å². The SMILES string of the molecule is Cn1c(=O)n(C2CC(N)C2)c2ncccc21. The maximum atomic E-state index is 12.1. The van der Waals surface area contributed by atoms with Crippen molar-refractivity contribution in [1.29, 1.82) is 0 Å². The Kier molecular flexibility index (Phi) is 1.91. The summed E-state index contributed by atoms with van der Waals surface area (Å²) in [5, 5.41) is 0. The molecule has 0 amide bonds. The van der Waals surface area contributed by atoms with Gasteiger partial charge in [0.05, 0.1) is 5.52 Å². The molecule has 16 heavy (non-hydrogen) atoms. The molecule has 1 saturated carbocycles.